The van der Waals surface area contributed by atoms with Crippen molar-refractivity contribution in [2.24, 2.45) is 5.92 Å². The highest BCUT2D eigenvalue weighted by atomic mass is 16.3. The van der Waals surface area contributed by atoms with Crippen LogP contribution in [0.15, 0.2) is 12.1 Å². The second-order valence-electron chi connectivity index (χ2n) is 6.51. The molecule has 2 nitrogen and oxygen atoms in total. The van der Waals surface area contributed by atoms with E-state index in [0.29, 0.717) is 6.04 Å². The van der Waals surface area contributed by atoms with Crippen molar-refractivity contribution in [3.63, 3.8) is 0 Å². The molecule has 0 saturated carbocycles. The van der Waals surface area contributed by atoms with Gasteiger partial charge in [0.1, 0.15) is 0 Å². The molecule has 2 N–H and O–H groups in total. The van der Waals surface area contributed by atoms with Gasteiger partial charge in [-0.15, -0.1) is 0 Å². The molecule has 1 aromatic carbocycles. The standard InChI is InChI=1S/C18H29NO/c1-5-15-6-7-19-16(10-15)11-17(20)18-13(3)8-12(2)9-14(18)4/h8-9,15-17,19-20H,5-7,10-11H2,1-4H3. The maximum absolute atomic E-state index is 10.6. The molecule has 0 spiro atoms. The fourth-order valence-corrected chi connectivity index (χ4v) is 3.75. The predicted octanol–water partition coefficient (Wildman–Crippen LogP) is 3.81. The molecule has 2 heteroatoms. The van der Waals surface area contributed by atoms with Crippen LogP contribution in [0.5, 0.6) is 0 Å². The van der Waals surface area contributed by atoms with Crippen molar-refractivity contribution in [2.75, 3.05) is 6.54 Å². The Morgan fingerprint density at radius 2 is 1.90 bits per heavy atom. The Balaban J connectivity index is 2.06. The first kappa shape index (κ1) is 15.5. The summed E-state index contributed by atoms with van der Waals surface area (Å²) in [6.45, 7) is 9.72. The van der Waals surface area contributed by atoms with E-state index >= 15 is 0 Å². The molecule has 20 heavy (non-hydrogen) atoms. The van der Waals surface area contributed by atoms with Crippen molar-refractivity contribution in [3.05, 3.63) is 34.4 Å². The molecular weight excluding hydrogens is 246 g/mol. The van der Waals surface area contributed by atoms with Gasteiger partial charge in [0.05, 0.1) is 6.10 Å². The van der Waals surface area contributed by atoms with E-state index in [1.165, 1.54) is 36.0 Å². The summed E-state index contributed by atoms with van der Waals surface area (Å²) in [4.78, 5) is 0. The third kappa shape index (κ3) is 3.62. The third-order valence-electron chi connectivity index (χ3n) is 4.76. The number of rotatable bonds is 4. The molecule has 0 radical (unpaired) electrons. The number of aliphatic hydroxyl groups is 1. The van der Waals surface area contributed by atoms with Crippen molar-refractivity contribution in [3.8, 4) is 0 Å². The van der Waals surface area contributed by atoms with Gasteiger partial charge >= 0.3 is 0 Å². The number of aliphatic hydroxyl groups excluding tert-OH is 1. The van der Waals surface area contributed by atoms with Crippen LogP contribution in [-0.4, -0.2) is 17.7 Å². The van der Waals surface area contributed by atoms with E-state index in [4.69, 9.17) is 0 Å². The number of hydrogen-bond acceptors (Lipinski definition) is 2. The molecule has 3 unspecified atom stereocenters. The maximum atomic E-state index is 10.6. The lowest BCUT2D eigenvalue weighted by Crippen LogP contribution is -2.39. The second kappa shape index (κ2) is 6.73. The minimum Gasteiger partial charge on any atom is -0.388 e. The van der Waals surface area contributed by atoms with Gasteiger partial charge in [-0.2, -0.15) is 0 Å². The zero-order chi connectivity index (χ0) is 14.7. The molecule has 0 bridgehead atoms. The zero-order valence-electron chi connectivity index (χ0n) is 13.4. The predicted molar refractivity (Wildman–Crippen MR) is 85.0 cm³/mol. The third-order valence-corrected chi connectivity index (χ3v) is 4.76. The van der Waals surface area contributed by atoms with Crippen LogP contribution < -0.4 is 5.32 Å². The summed E-state index contributed by atoms with van der Waals surface area (Å²) in [7, 11) is 0. The average Bonchev–Trinajstić information content (AvgIpc) is 2.37. The van der Waals surface area contributed by atoms with Crippen molar-refractivity contribution in [1.29, 1.82) is 0 Å². The first-order chi connectivity index (χ1) is 9.51. The van der Waals surface area contributed by atoms with Crippen LogP contribution in [0.4, 0.5) is 0 Å². The van der Waals surface area contributed by atoms with Gasteiger partial charge in [0.25, 0.3) is 0 Å². The molecule has 1 aliphatic heterocycles. The van der Waals surface area contributed by atoms with E-state index < -0.39 is 0 Å². The summed E-state index contributed by atoms with van der Waals surface area (Å²) in [6, 6.07) is 4.81. The largest absolute Gasteiger partial charge is 0.388 e. The van der Waals surface area contributed by atoms with E-state index in [0.717, 1.165) is 24.4 Å². The highest BCUT2D eigenvalue weighted by Gasteiger charge is 2.24. The van der Waals surface area contributed by atoms with E-state index in [1.54, 1.807) is 0 Å². The maximum Gasteiger partial charge on any atom is 0.0810 e. The zero-order valence-corrected chi connectivity index (χ0v) is 13.4. The highest BCUT2D eigenvalue weighted by Crippen LogP contribution is 2.30. The van der Waals surface area contributed by atoms with Crippen LogP contribution in [0.1, 0.15) is 61.0 Å². The Morgan fingerprint density at radius 3 is 2.50 bits per heavy atom. The molecule has 112 valence electrons. The van der Waals surface area contributed by atoms with Crippen LogP contribution in [0.3, 0.4) is 0 Å². The summed E-state index contributed by atoms with van der Waals surface area (Å²) in [5.74, 6) is 0.827. The Morgan fingerprint density at radius 1 is 1.25 bits per heavy atom. The Bertz CT molecular complexity index is 432. The highest BCUT2D eigenvalue weighted by molar-refractivity contribution is 5.39. The molecule has 0 aromatic heterocycles. The molecule has 1 aliphatic rings. The first-order valence-electron chi connectivity index (χ1n) is 8.00. The Labute approximate surface area is 123 Å². The smallest absolute Gasteiger partial charge is 0.0810 e. The SMILES string of the molecule is CCC1CCNC(CC(O)c2c(C)cc(C)cc2C)C1. The quantitative estimate of drug-likeness (QED) is 0.875. The molecule has 1 fully saturated rings. The molecule has 0 aliphatic carbocycles. The minimum atomic E-state index is -0.344. The lowest BCUT2D eigenvalue weighted by molar-refractivity contribution is 0.134. The van der Waals surface area contributed by atoms with Gasteiger partial charge in [0.15, 0.2) is 0 Å². The summed E-state index contributed by atoms with van der Waals surface area (Å²) in [5.41, 5.74) is 4.85. The van der Waals surface area contributed by atoms with Crippen LogP contribution >= 0.6 is 0 Å². The summed E-state index contributed by atoms with van der Waals surface area (Å²) >= 11 is 0. The lowest BCUT2D eigenvalue weighted by atomic mass is 9.85. The van der Waals surface area contributed by atoms with Gasteiger partial charge in [-0.25, -0.2) is 0 Å². The molecule has 1 saturated heterocycles. The number of piperidine rings is 1. The molecule has 2 rings (SSSR count). The van der Waals surface area contributed by atoms with Crippen LogP contribution in [0, 0.1) is 26.7 Å². The van der Waals surface area contributed by atoms with Gasteiger partial charge in [0.2, 0.25) is 0 Å². The fourth-order valence-electron chi connectivity index (χ4n) is 3.75. The minimum absolute atomic E-state index is 0.344. The molecule has 0 amide bonds. The first-order valence-corrected chi connectivity index (χ1v) is 8.00. The number of aryl methyl sites for hydroxylation is 3. The van der Waals surface area contributed by atoms with E-state index in [-0.39, 0.29) is 6.10 Å². The molecule has 3 atom stereocenters. The number of hydrogen-bond donors (Lipinski definition) is 2. The van der Waals surface area contributed by atoms with Gasteiger partial charge in [0, 0.05) is 6.04 Å². The number of nitrogens with one attached hydrogen (secondary N) is 1. The summed E-state index contributed by atoms with van der Waals surface area (Å²) in [5, 5.41) is 14.2. The number of benzene rings is 1. The van der Waals surface area contributed by atoms with E-state index in [1.807, 2.05) is 0 Å². The summed E-state index contributed by atoms with van der Waals surface area (Å²) in [6.07, 6.45) is 4.24. The van der Waals surface area contributed by atoms with Crippen molar-refractivity contribution >= 4 is 0 Å². The van der Waals surface area contributed by atoms with Gasteiger partial charge < -0.3 is 10.4 Å². The molecule has 1 heterocycles. The van der Waals surface area contributed by atoms with E-state index in [9.17, 15) is 5.11 Å². The fraction of sp³-hybridized carbons (Fsp3) is 0.667. The van der Waals surface area contributed by atoms with Crippen LogP contribution in [-0.2, 0) is 0 Å². The van der Waals surface area contributed by atoms with Gasteiger partial charge in [-0.1, -0.05) is 31.0 Å². The monoisotopic (exact) mass is 275 g/mol. The van der Waals surface area contributed by atoms with Gasteiger partial charge in [-0.05, 0) is 69.2 Å². The van der Waals surface area contributed by atoms with Crippen molar-refractivity contribution in [2.45, 2.75) is 65.5 Å². The van der Waals surface area contributed by atoms with Crippen molar-refractivity contribution in [1.82, 2.24) is 5.32 Å². The van der Waals surface area contributed by atoms with Crippen LogP contribution in [0.25, 0.3) is 0 Å². The Kier molecular flexibility index (Phi) is 5.22. The molecule has 1 aromatic rings. The summed E-state index contributed by atoms with van der Waals surface area (Å²) < 4.78 is 0. The van der Waals surface area contributed by atoms with Crippen molar-refractivity contribution < 1.29 is 5.11 Å². The van der Waals surface area contributed by atoms with Gasteiger partial charge in [-0.3, -0.25) is 0 Å². The van der Waals surface area contributed by atoms with Crippen LogP contribution in [0.2, 0.25) is 0 Å². The Hall–Kier alpha value is -0.860. The topological polar surface area (TPSA) is 32.3 Å². The lowest BCUT2D eigenvalue weighted by Gasteiger charge is -2.31. The molecular formula is C18H29NO. The normalized spacial score (nSPS) is 24.6. The van der Waals surface area contributed by atoms with E-state index in [2.05, 4.69) is 45.1 Å². The second-order valence-corrected chi connectivity index (χ2v) is 6.51. The average molecular weight is 275 g/mol.